The van der Waals surface area contributed by atoms with Crippen LogP contribution in [0.1, 0.15) is 40.2 Å². The summed E-state index contributed by atoms with van der Waals surface area (Å²) in [5, 5.41) is 0. The summed E-state index contributed by atoms with van der Waals surface area (Å²) in [5.41, 5.74) is 2.20. The quantitative estimate of drug-likeness (QED) is 0.692. The smallest absolute Gasteiger partial charge is 0.235 e. The van der Waals surface area contributed by atoms with Gasteiger partial charge in [-0.3, -0.25) is 4.79 Å². The van der Waals surface area contributed by atoms with Crippen LogP contribution in [0.25, 0.3) is 6.08 Å². The molecule has 0 spiro atoms. The fourth-order valence-corrected chi connectivity index (χ4v) is 4.26. The molecule has 0 bridgehead atoms. The van der Waals surface area contributed by atoms with Gasteiger partial charge in [0.2, 0.25) is 5.78 Å². The second kappa shape index (κ2) is 8.40. The van der Waals surface area contributed by atoms with Crippen LogP contribution in [0.4, 0.5) is 0 Å². The summed E-state index contributed by atoms with van der Waals surface area (Å²) in [4.78, 5) is 15.6. The lowest BCUT2D eigenvalue weighted by atomic mass is 9.86. The summed E-state index contributed by atoms with van der Waals surface area (Å²) in [6.07, 6.45) is 3.69. The molecule has 2 aliphatic rings. The number of hydrogen-bond donors (Lipinski definition) is 0. The molecule has 2 aromatic carbocycles. The Morgan fingerprint density at radius 1 is 1.00 bits per heavy atom. The predicted octanol–water partition coefficient (Wildman–Crippen LogP) is 4.14. The summed E-state index contributed by atoms with van der Waals surface area (Å²) in [5.74, 6) is 2.73. The average Bonchev–Trinajstić information content (AvgIpc) is 3.09. The number of hydrogen-bond acceptors (Lipinski definition) is 6. The van der Waals surface area contributed by atoms with Crippen LogP contribution in [0.5, 0.6) is 23.0 Å². The highest BCUT2D eigenvalue weighted by Gasteiger charge is 2.38. The molecule has 1 fully saturated rings. The number of methoxy groups -OCH3 is 3. The van der Waals surface area contributed by atoms with Crippen molar-refractivity contribution in [3.05, 3.63) is 52.8 Å². The van der Waals surface area contributed by atoms with E-state index in [1.165, 1.54) is 0 Å². The van der Waals surface area contributed by atoms with E-state index in [2.05, 4.69) is 11.9 Å². The minimum absolute atomic E-state index is 0.190. The van der Waals surface area contributed by atoms with Gasteiger partial charge in [0.15, 0.2) is 5.76 Å². The number of ether oxygens (including phenoxy) is 4. The zero-order valence-corrected chi connectivity index (χ0v) is 17.9. The van der Waals surface area contributed by atoms with Crippen molar-refractivity contribution < 1.29 is 23.7 Å². The van der Waals surface area contributed by atoms with E-state index in [9.17, 15) is 4.79 Å². The van der Waals surface area contributed by atoms with Crippen LogP contribution in [0.3, 0.4) is 0 Å². The lowest BCUT2D eigenvalue weighted by Gasteiger charge is -2.30. The molecule has 4 rings (SSSR count). The maximum absolute atomic E-state index is 13.3. The van der Waals surface area contributed by atoms with Crippen molar-refractivity contribution in [1.82, 2.24) is 4.90 Å². The van der Waals surface area contributed by atoms with Crippen LogP contribution in [-0.2, 0) is 0 Å². The first-order valence-electron chi connectivity index (χ1n) is 10.1. The van der Waals surface area contributed by atoms with E-state index in [0.717, 1.165) is 37.1 Å². The molecule has 2 aromatic rings. The van der Waals surface area contributed by atoms with Gasteiger partial charge in [-0.1, -0.05) is 18.2 Å². The van der Waals surface area contributed by atoms with Crippen molar-refractivity contribution in [2.24, 2.45) is 0 Å². The van der Waals surface area contributed by atoms with Gasteiger partial charge in [-0.05, 0) is 51.0 Å². The molecule has 2 aliphatic heterocycles. The van der Waals surface area contributed by atoms with Gasteiger partial charge >= 0.3 is 0 Å². The van der Waals surface area contributed by atoms with Crippen molar-refractivity contribution in [1.29, 1.82) is 0 Å². The molecular formula is C24H27NO5. The fourth-order valence-electron chi connectivity index (χ4n) is 4.26. The summed E-state index contributed by atoms with van der Waals surface area (Å²) in [6, 6.07) is 9.33. The maximum Gasteiger partial charge on any atom is 0.235 e. The average molecular weight is 409 g/mol. The Morgan fingerprint density at radius 3 is 2.33 bits per heavy atom. The summed E-state index contributed by atoms with van der Waals surface area (Å²) >= 11 is 0. The molecule has 0 atom stereocenters. The number of benzene rings is 2. The Balaban J connectivity index is 1.82. The molecular weight excluding hydrogens is 382 g/mol. The SMILES string of the molecule is COc1ccccc1/C=C1\Oc2c(c(OC)cc(OC)c2C2CCN(C)CC2)C1=O. The van der Waals surface area contributed by atoms with E-state index >= 15 is 0 Å². The summed E-state index contributed by atoms with van der Waals surface area (Å²) in [7, 11) is 6.93. The number of carbonyl (C=O) groups is 1. The summed E-state index contributed by atoms with van der Waals surface area (Å²) < 4.78 is 22.8. The number of allylic oxidation sites excluding steroid dienone is 1. The minimum atomic E-state index is -0.190. The van der Waals surface area contributed by atoms with Crippen LogP contribution < -0.4 is 18.9 Å². The van der Waals surface area contributed by atoms with E-state index in [1.807, 2.05) is 24.3 Å². The second-order valence-corrected chi connectivity index (χ2v) is 7.66. The number of rotatable bonds is 5. The number of likely N-dealkylation sites (tertiary alicyclic amines) is 1. The number of para-hydroxylation sites is 1. The van der Waals surface area contributed by atoms with Gasteiger partial charge in [0.25, 0.3) is 0 Å². The first kappa shape index (κ1) is 20.3. The molecule has 158 valence electrons. The van der Waals surface area contributed by atoms with Crippen LogP contribution in [0, 0.1) is 0 Å². The van der Waals surface area contributed by atoms with Gasteiger partial charge in [-0.2, -0.15) is 0 Å². The first-order valence-corrected chi connectivity index (χ1v) is 10.1. The third-order valence-electron chi connectivity index (χ3n) is 5.90. The number of Topliss-reactive ketones (excluding diaryl/α,β-unsaturated/α-hetero) is 1. The maximum atomic E-state index is 13.3. The largest absolute Gasteiger partial charge is 0.496 e. The lowest BCUT2D eigenvalue weighted by Crippen LogP contribution is -2.29. The van der Waals surface area contributed by atoms with Crippen LogP contribution in [0.2, 0.25) is 0 Å². The Kier molecular flexibility index (Phi) is 5.68. The van der Waals surface area contributed by atoms with Crippen molar-refractivity contribution in [3.63, 3.8) is 0 Å². The molecule has 0 saturated carbocycles. The van der Waals surface area contributed by atoms with Gasteiger partial charge in [0.1, 0.15) is 28.6 Å². The van der Waals surface area contributed by atoms with Crippen LogP contribution >= 0.6 is 0 Å². The van der Waals surface area contributed by atoms with Gasteiger partial charge in [0, 0.05) is 17.2 Å². The predicted molar refractivity (Wildman–Crippen MR) is 115 cm³/mol. The number of piperidine rings is 1. The van der Waals surface area contributed by atoms with E-state index < -0.39 is 0 Å². The van der Waals surface area contributed by atoms with Gasteiger partial charge in [-0.15, -0.1) is 0 Å². The molecule has 0 amide bonds. The standard InChI is InChI=1S/C24H27NO5/c1-25-11-9-15(10-12-25)21-18(28-3)14-19(29-4)22-23(26)20(30-24(21)22)13-16-7-5-6-8-17(16)27-2/h5-8,13-15H,9-12H2,1-4H3/b20-13-. The molecule has 1 saturated heterocycles. The van der Waals surface area contributed by atoms with Crippen molar-refractivity contribution in [2.75, 3.05) is 41.5 Å². The molecule has 30 heavy (non-hydrogen) atoms. The number of ketones is 1. The zero-order chi connectivity index (χ0) is 21.3. The fraction of sp³-hybridized carbons (Fsp3) is 0.375. The lowest BCUT2D eigenvalue weighted by molar-refractivity contribution is 0.101. The first-order chi connectivity index (χ1) is 14.6. The van der Waals surface area contributed by atoms with Gasteiger partial charge in [-0.25, -0.2) is 0 Å². The minimum Gasteiger partial charge on any atom is -0.496 e. The van der Waals surface area contributed by atoms with E-state index in [4.69, 9.17) is 18.9 Å². The Hall–Kier alpha value is -2.99. The second-order valence-electron chi connectivity index (χ2n) is 7.66. The highest BCUT2D eigenvalue weighted by molar-refractivity contribution is 6.16. The molecule has 0 radical (unpaired) electrons. The Morgan fingerprint density at radius 2 is 1.67 bits per heavy atom. The normalized spacial score (nSPS) is 18.3. The van der Waals surface area contributed by atoms with Crippen molar-refractivity contribution >= 4 is 11.9 Å². The molecule has 2 heterocycles. The van der Waals surface area contributed by atoms with Crippen LogP contribution in [-0.4, -0.2) is 52.1 Å². The van der Waals surface area contributed by atoms with Crippen molar-refractivity contribution in [2.45, 2.75) is 18.8 Å². The topological polar surface area (TPSA) is 57.2 Å². The zero-order valence-electron chi connectivity index (χ0n) is 17.9. The molecule has 0 unspecified atom stereocenters. The molecule has 6 nitrogen and oxygen atoms in total. The van der Waals surface area contributed by atoms with Gasteiger partial charge in [0.05, 0.1) is 21.3 Å². The van der Waals surface area contributed by atoms with Gasteiger partial charge < -0.3 is 23.8 Å². The number of carbonyl (C=O) groups excluding carboxylic acids is 1. The molecule has 0 aliphatic carbocycles. The Labute approximate surface area is 177 Å². The molecule has 0 aromatic heterocycles. The molecule has 6 heteroatoms. The van der Waals surface area contributed by atoms with E-state index in [0.29, 0.717) is 28.6 Å². The van der Waals surface area contributed by atoms with Crippen molar-refractivity contribution in [3.8, 4) is 23.0 Å². The summed E-state index contributed by atoms with van der Waals surface area (Å²) in [6.45, 7) is 1.99. The molecule has 0 N–H and O–H groups in total. The van der Waals surface area contributed by atoms with Crippen LogP contribution in [0.15, 0.2) is 36.1 Å². The third-order valence-corrected chi connectivity index (χ3v) is 5.90. The highest BCUT2D eigenvalue weighted by atomic mass is 16.5. The number of nitrogens with zero attached hydrogens (tertiary/aromatic N) is 1. The monoisotopic (exact) mass is 409 g/mol. The Bertz CT molecular complexity index is 989. The highest BCUT2D eigenvalue weighted by Crippen LogP contribution is 2.50. The van der Waals surface area contributed by atoms with E-state index in [-0.39, 0.29) is 17.5 Å². The third kappa shape index (κ3) is 3.52. The van der Waals surface area contributed by atoms with E-state index in [1.54, 1.807) is 33.5 Å². The number of fused-ring (bicyclic) bond motifs is 1.